The fourth-order valence-electron chi connectivity index (χ4n) is 4.80. The number of halogens is 2. The third kappa shape index (κ3) is 13.3. The highest BCUT2D eigenvalue weighted by Crippen LogP contribution is 2.29. The summed E-state index contributed by atoms with van der Waals surface area (Å²) in [5.41, 5.74) is -0.308. The van der Waals surface area contributed by atoms with Crippen molar-refractivity contribution in [2.24, 2.45) is 0 Å². The van der Waals surface area contributed by atoms with Gasteiger partial charge in [-0.2, -0.15) is 0 Å². The predicted molar refractivity (Wildman–Crippen MR) is 166 cm³/mol. The molecule has 0 unspecified atom stereocenters. The molecule has 0 fully saturated rings. The van der Waals surface area contributed by atoms with E-state index in [0.717, 1.165) is 25.7 Å². The monoisotopic (exact) mass is 638 g/mol. The molecular weight excluding hydrogens is 599 g/mol. The molecule has 0 saturated carbocycles. The molecule has 0 heterocycles. The van der Waals surface area contributed by atoms with E-state index in [2.05, 4.69) is 10.6 Å². The second-order valence-corrected chi connectivity index (χ2v) is 12.5. The molecule has 0 aliphatic carbocycles. The van der Waals surface area contributed by atoms with Crippen LogP contribution in [0.4, 0.5) is 11.4 Å². The fraction of sp³-hybridized carbons (Fsp3) is 0.533. The Morgan fingerprint density at radius 2 is 1.09 bits per heavy atom. The Kier molecular flexibility index (Phi) is 13.8. The Morgan fingerprint density at radius 3 is 1.44 bits per heavy atom. The lowest BCUT2D eigenvalue weighted by Gasteiger charge is -2.36. The third-order valence-corrected chi connectivity index (χ3v) is 7.33. The lowest BCUT2D eigenvalue weighted by molar-refractivity contribution is -0.385. The zero-order valence-corrected chi connectivity index (χ0v) is 26.6. The number of carbonyl (C=O) groups is 2. The molecule has 2 N–H and O–H groups in total. The van der Waals surface area contributed by atoms with Crippen molar-refractivity contribution in [3.05, 3.63) is 77.8 Å². The van der Waals surface area contributed by atoms with Crippen molar-refractivity contribution >= 4 is 46.4 Å². The molecule has 0 atom stereocenters. The van der Waals surface area contributed by atoms with Gasteiger partial charge in [-0.05, 0) is 77.6 Å². The predicted octanol–water partition coefficient (Wildman–Crippen LogP) is 7.44. The standard InChI is InChI=1S/C30H40Cl2N4O7/c1-29(2,15-7-5-9-27(37)33-19-21-11-13-23(31)17-25(21)35(39)40)43-30(3,4)16-8-6-10-28(38)34-20-22-12-14-24(32)18-26(22)36(41)42/h11-14,17-18H,5-10,15-16,19-20H2,1-4H3,(H,33,37)(H,34,38). The first-order valence-corrected chi connectivity index (χ1v) is 14.9. The topological polar surface area (TPSA) is 154 Å². The van der Waals surface area contributed by atoms with E-state index in [-0.39, 0.29) is 46.3 Å². The average molecular weight is 640 g/mol. The van der Waals surface area contributed by atoms with Crippen LogP contribution in [-0.4, -0.2) is 32.9 Å². The van der Waals surface area contributed by atoms with E-state index in [1.54, 1.807) is 12.1 Å². The molecule has 0 radical (unpaired) electrons. The summed E-state index contributed by atoms with van der Waals surface area (Å²) in [6, 6.07) is 8.72. The second-order valence-electron chi connectivity index (χ2n) is 11.6. The van der Waals surface area contributed by atoms with Crippen molar-refractivity contribution in [1.29, 1.82) is 0 Å². The number of carbonyl (C=O) groups excluding carboxylic acids is 2. The van der Waals surface area contributed by atoms with Gasteiger partial charge < -0.3 is 15.4 Å². The van der Waals surface area contributed by atoms with Gasteiger partial charge >= 0.3 is 0 Å². The maximum absolute atomic E-state index is 12.3. The van der Waals surface area contributed by atoms with Crippen LogP contribution in [0.1, 0.15) is 90.2 Å². The molecule has 43 heavy (non-hydrogen) atoms. The average Bonchev–Trinajstić information content (AvgIpc) is 2.91. The molecule has 0 saturated heterocycles. The zero-order chi connectivity index (χ0) is 32.2. The fourth-order valence-corrected chi connectivity index (χ4v) is 5.13. The van der Waals surface area contributed by atoms with Crippen LogP contribution in [0.3, 0.4) is 0 Å². The van der Waals surface area contributed by atoms with Crippen molar-refractivity contribution in [3.8, 4) is 0 Å². The van der Waals surface area contributed by atoms with Crippen LogP contribution < -0.4 is 10.6 Å². The SMILES string of the molecule is CC(C)(CCCCC(=O)NCc1ccc(Cl)cc1[N+](=O)[O-])OC(C)(C)CCCCC(=O)NCc1ccc(Cl)cc1[N+](=O)[O-]. The Labute approximate surface area is 262 Å². The van der Waals surface area contributed by atoms with Crippen molar-refractivity contribution < 1.29 is 24.2 Å². The number of amides is 2. The smallest absolute Gasteiger partial charge is 0.275 e. The van der Waals surface area contributed by atoms with Gasteiger partial charge in [0.2, 0.25) is 11.8 Å². The molecule has 2 amide bonds. The molecule has 2 aromatic rings. The molecule has 236 valence electrons. The highest BCUT2D eigenvalue weighted by Gasteiger charge is 2.28. The van der Waals surface area contributed by atoms with E-state index in [9.17, 15) is 29.8 Å². The number of nitrogens with zero attached hydrogens (tertiary/aromatic N) is 2. The second kappa shape index (κ2) is 16.5. The third-order valence-electron chi connectivity index (χ3n) is 6.86. The highest BCUT2D eigenvalue weighted by molar-refractivity contribution is 6.31. The molecule has 0 bridgehead atoms. The molecule has 0 aliphatic rings. The Balaban J connectivity index is 1.66. The van der Waals surface area contributed by atoms with Crippen LogP contribution in [-0.2, 0) is 27.4 Å². The normalized spacial score (nSPS) is 11.7. The van der Waals surface area contributed by atoms with Crippen molar-refractivity contribution in [1.82, 2.24) is 10.6 Å². The first kappa shape index (κ1) is 35.9. The number of nitro groups is 2. The van der Waals surface area contributed by atoms with Crippen molar-refractivity contribution in [2.75, 3.05) is 0 Å². The summed E-state index contributed by atoms with van der Waals surface area (Å²) in [6.07, 6.45) is 4.92. The lowest BCUT2D eigenvalue weighted by atomic mass is 9.95. The summed E-state index contributed by atoms with van der Waals surface area (Å²) >= 11 is 11.7. The lowest BCUT2D eigenvalue weighted by Crippen LogP contribution is -2.37. The number of hydrogen-bond donors (Lipinski definition) is 2. The van der Waals surface area contributed by atoms with Gasteiger partial charge in [0.25, 0.3) is 11.4 Å². The number of unbranched alkanes of at least 4 members (excludes halogenated alkanes) is 2. The summed E-state index contributed by atoms with van der Waals surface area (Å²) in [6.45, 7) is 8.16. The summed E-state index contributed by atoms with van der Waals surface area (Å²) in [4.78, 5) is 46.0. The zero-order valence-electron chi connectivity index (χ0n) is 25.0. The molecular formula is C30H40Cl2N4O7. The summed E-state index contributed by atoms with van der Waals surface area (Å²) in [5, 5.41) is 28.4. The molecule has 11 nitrogen and oxygen atoms in total. The van der Waals surface area contributed by atoms with Crippen LogP contribution >= 0.6 is 23.2 Å². The maximum Gasteiger partial charge on any atom is 0.275 e. The van der Waals surface area contributed by atoms with Gasteiger partial charge in [-0.1, -0.05) is 36.0 Å². The maximum atomic E-state index is 12.3. The van der Waals surface area contributed by atoms with Gasteiger partial charge in [0, 0.05) is 59.2 Å². The van der Waals surface area contributed by atoms with Gasteiger partial charge in [0.1, 0.15) is 0 Å². The highest BCUT2D eigenvalue weighted by atomic mass is 35.5. The van der Waals surface area contributed by atoms with Gasteiger partial charge in [-0.3, -0.25) is 29.8 Å². The summed E-state index contributed by atoms with van der Waals surface area (Å²) in [5.74, 6) is -0.363. The minimum atomic E-state index is -0.519. The molecule has 2 aromatic carbocycles. The van der Waals surface area contributed by atoms with Crippen LogP contribution in [0.5, 0.6) is 0 Å². The van der Waals surface area contributed by atoms with E-state index in [1.807, 2.05) is 27.7 Å². The molecule has 2 rings (SSSR count). The Bertz CT molecular complexity index is 1200. The largest absolute Gasteiger partial charge is 0.370 e. The van der Waals surface area contributed by atoms with Gasteiger partial charge in [0.05, 0.1) is 21.0 Å². The first-order valence-electron chi connectivity index (χ1n) is 14.2. The van der Waals surface area contributed by atoms with E-state index in [1.165, 1.54) is 24.3 Å². The number of nitro benzene ring substituents is 2. The van der Waals surface area contributed by atoms with E-state index in [0.29, 0.717) is 36.8 Å². The van der Waals surface area contributed by atoms with Crippen molar-refractivity contribution in [2.45, 2.75) is 103 Å². The number of rotatable bonds is 18. The summed E-state index contributed by atoms with van der Waals surface area (Å²) in [7, 11) is 0. The van der Waals surface area contributed by atoms with Crippen LogP contribution in [0.25, 0.3) is 0 Å². The Hall–Kier alpha value is -3.28. The van der Waals surface area contributed by atoms with Crippen molar-refractivity contribution in [3.63, 3.8) is 0 Å². The first-order chi connectivity index (χ1) is 20.1. The van der Waals surface area contributed by atoms with E-state index >= 15 is 0 Å². The van der Waals surface area contributed by atoms with Crippen LogP contribution in [0, 0.1) is 20.2 Å². The van der Waals surface area contributed by atoms with Gasteiger partial charge in [0.15, 0.2) is 0 Å². The Morgan fingerprint density at radius 1 is 0.721 bits per heavy atom. The minimum absolute atomic E-state index is 0.0572. The van der Waals surface area contributed by atoms with E-state index < -0.39 is 21.0 Å². The van der Waals surface area contributed by atoms with E-state index in [4.69, 9.17) is 27.9 Å². The number of nitrogens with one attached hydrogen (secondary N) is 2. The molecule has 0 aromatic heterocycles. The number of hydrogen-bond acceptors (Lipinski definition) is 7. The van der Waals surface area contributed by atoms with Gasteiger partial charge in [-0.15, -0.1) is 0 Å². The number of benzene rings is 2. The minimum Gasteiger partial charge on any atom is -0.370 e. The molecule has 0 spiro atoms. The quantitative estimate of drug-likeness (QED) is 0.0976. The molecule has 13 heteroatoms. The van der Waals surface area contributed by atoms with Gasteiger partial charge in [-0.25, -0.2) is 0 Å². The summed E-state index contributed by atoms with van der Waals surface area (Å²) < 4.78 is 6.39. The van der Waals surface area contributed by atoms with Crippen LogP contribution in [0.15, 0.2) is 36.4 Å². The molecule has 0 aliphatic heterocycles. The van der Waals surface area contributed by atoms with Crippen LogP contribution in [0.2, 0.25) is 10.0 Å². The number of ether oxygens (including phenoxy) is 1.